The van der Waals surface area contributed by atoms with E-state index < -0.39 is 24.4 Å². The van der Waals surface area contributed by atoms with Gasteiger partial charge in [-0.1, -0.05) is 0 Å². The average Bonchev–Trinajstić information content (AvgIpc) is 3.07. The molecule has 0 radical (unpaired) electrons. The molecule has 0 bridgehead atoms. The Kier molecular flexibility index (Phi) is 3.87. The van der Waals surface area contributed by atoms with Gasteiger partial charge in [0.1, 0.15) is 6.10 Å². The van der Waals surface area contributed by atoms with Gasteiger partial charge < -0.3 is 10.1 Å². The van der Waals surface area contributed by atoms with E-state index in [1.807, 2.05) is 0 Å². The van der Waals surface area contributed by atoms with E-state index in [1.54, 1.807) is 0 Å². The highest BCUT2D eigenvalue weighted by Gasteiger charge is 2.50. The predicted octanol–water partition coefficient (Wildman–Crippen LogP) is 1.01. The zero-order valence-electron chi connectivity index (χ0n) is 10.8. The Bertz CT molecular complexity index is 321. The van der Waals surface area contributed by atoms with E-state index in [4.69, 9.17) is 0 Å². The number of hydrogen-bond acceptors (Lipinski definition) is 4. The summed E-state index contributed by atoms with van der Waals surface area (Å²) >= 11 is 0. The Labute approximate surface area is 106 Å². The molecule has 0 spiro atoms. The van der Waals surface area contributed by atoms with E-state index in [-0.39, 0.29) is 0 Å². The lowest BCUT2D eigenvalue weighted by molar-refractivity contribution is -0.159. The van der Waals surface area contributed by atoms with Crippen molar-refractivity contribution in [3.8, 4) is 0 Å². The molecule has 0 amide bonds. The molecule has 2 rings (SSSR count). The molecule has 1 aliphatic heterocycles. The molecule has 1 saturated heterocycles. The van der Waals surface area contributed by atoms with Crippen molar-refractivity contribution in [2.45, 2.75) is 50.3 Å². The Morgan fingerprint density at radius 1 is 1.56 bits per heavy atom. The third-order valence-corrected chi connectivity index (χ3v) is 3.69. The van der Waals surface area contributed by atoms with E-state index in [0.29, 0.717) is 25.2 Å². The summed E-state index contributed by atoms with van der Waals surface area (Å²) in [4.78, 5) is 13.1. The van der Waals surface area contributed by atoms with Crippen molar-refractivity contribution >= 4 is 5.97 Å². The zero-order valence-corrected chi connectivity index (χ0v) is 10.8. The fourth-order valence-corrected chi connectivity index (χ4v) is 2.20. The summed E-state index contributed by atoms with van der Waals surface area (Å²) in [6.07, 6.45) is 1.28. The van der Waals surface area contributed by atoms with Crippen molar-refractivity contribution in [3.63, 3.8) is 0 Å². The largest absolute Gasteiger partial charge is 0.456 e. The first-order chi connectivity index (χ1) is 8.40. The van der Waals surface area contributed by atoms with Gasteiger partial charge in [-0.15, -0.1) is 0 Å². The molecule has 0 aromatic carbocycles. The number of esters is 1. The van der Waals surface area contributed by atoms with Crippen LogP contribution >= 0.6 is 0 Å². The molecule has 1 aliphatic carbocycles. The summed E-state index contributed by atoms with van der Waals surface area (Å²) in [6, 6.07) is 1.03. The molecule has 2 unspecified atom stereocenters. The van der Waals surface area contributed by atoms with Gasteiger partial charge in [-0.2, -0.15) is 8.78 Å². The van der Waals surface area contributed by atoms with Gasteiger partial charge in [0.2, 0.25) is 0 Å². The highest BCUT2D eigenvalue weighted by molar-refractivity contribution is 5.79. The fourth-order valence-electron chi connectivity index (χ4n) is 2.20. The number of nitrogens with zero attached hydrogens (tertiary/aromatic N) is 1. The van der Waals surface area contributed by atoms with Crippen LogP contribution in [0.1, 0.15) is 26.2 Å². The monoisotopic (exact) mass is 262 g/mol. The Hall–Kier alpha value is -0.750. The second kappa shape index (κ2) is 5.09. The molecule has 4 nitrogen and oxygen atoms in total. The molecule has 18 heavy (non-hydrogen) atoms. The van der Waals surface area contributed by atoms with Crippen molar-refractivity contribution in [2.75, 3.05) is 20.1 Å². The number of carbonyl (C=O) groups excluding carboxylic acids is 1. The van der Waals surface area contributed by atoms with Gasteiger partial charge in [0.15, 0.2) is 0 Å². The lowest BCUT2D eigenvalue weighted by atomic mass is 10.2. The molecule has 1 saturated carbocycles. The minimum absolute atomic E-state index is 0.296. The van der Waals surface area contributed by atoms with Crippen molar-refractivity contribution in [3.05, 3.63) is 0 Å². The maximum atomic E-state index is 12.9. The van der Waals surface area contributed by atoms with E-state index in [2.05, 4.69) is 28.9 Å². The van der Waals surface area contributed by atoms with Crippen molar-refractivity contribution in [2.24, 2.45) is 0 Å². The van der Waals surface area contributed by atoms with E-state index in [1.165, 1.54) is 12.8 Å². The summed E-state index contributed by atoms with van der Waals surface area (Å²) in [7, 11) is 2.08. The van der Waals surface area contributed by atoms with Gasteiger partial charge in [-0.05, 0) is 26.8 Å². The van der Waals surface area contributed by atoms with Crippen LogP contribution in [0.4, 0.5) is 8.78 Å². The van der Waals surface area contributed by atoms with E-state index >= 15 is 0 Å². The maximum absolute atomic E-state index is 12.9. The second-order valence-electron chi connectivity index (χ2n) is 5.34. The average molecular weight is 262 g/mol. The molecule has 0 aromatic rings. The molecule has 1 N–H and O–H groups in total. The molecule has 2 aliphatic rings. The minimum atomic E-state index is -3.30. The molecule has 104 valence electrons. The molecular formula is C12H20F2N2O2. The summed E-state index contributed by atoms with van der Waals surface area (Å²) < 4.78 is 30.4. The number of halogens is 2. The summed E-state index contributed by atoms with van der Waals surface area (Å²) in [6.45, 7) is 3.11. The predicted molar refractivity (Wildman–Crippen MR) is 62.6 cm³/mol. The summed E-state index contributed by atoms with van der Waals surface area (Å²) in [5, 5.41) is 3.10. The molecule has 1 heterocycles. The second-order valence-corrected chi connectivity index (χ2v) is 5.34. The van der Waals surface area contributed by atoms with Crippen LogP contribution < -0.4 is 5.32 Å². The van der Waals surface area contributed by atoms with Crippen LogP contribution in [0.25, 0.3) is 0 Å². The first-order valence-corrected chi connectivity index (χ1v) is 6.41. The van der Waals surface area contributed by atoms with Crippen LogP contribution in [0.3, 0.4) is 0 Å². The number of rotatable bonds is 6. The van der Waals surface area contributed by atoms with Crippen molar-refractivity contribution in [1.29, 1.82) is 0 Å². The summed E-state index contributed by atoms with van der Waals surface area (Å²) in [5.74, 6) is -4.69. The smallest absolute Gasteiger partial charge is 0.377 e. The quantitative estimate of drug-likeness (QED) is 0.725. The summed E-state index contributed by atoms with van der Waals surface area (Å²) in [5.41, 5.74) is 0. The molecule has 0 aromatic heterocycles. The normalized spacial score (nSPS) is 28.5. The standard InChI is InChI=1S/C12H20F2N2O2/c1-8(16(2)9-3-4-9)6-15-7-10-5-12(13,14)11(17)18-10/h8-10,15H,3-7H2,1-2H3. The number of likely N-dealkylation sites (N-methyl/N-ethyl adjacent to an activating group) is 1. The van der Waals surface area contributed by atoms with Gasteiger partial charge in [-0.25, -0.2) is 4.79 Å². The van der Waals surface area contributed by atoms with Crippen LogP contribution in [-0.2, 0) is 9.53 Å². The number of carbonyl (C=O) groups is 1. The first kappa shape index (κ1) is 13.7. The topological polar surface area (TPSA) is 41.6 Å². The number of cyclic esters (lactones) is 1. The Morgan fingerprint density at radius 3 is 2.72 bits per heavy atom. The third-order valence-electron chi connectivity index (χ3n) is 3.69. The maximum Gasteiger partial charge on any atom is 0.377 e. The van der Waals surface area contributed by atoms with Crippen LogP contribution in [0.15, 0.2) is 0 Å². The van der Waals surface area contributed by atoms with Crippen LogP contribution in [-0.4, -0.2) is 55.1 Å². The van der Waals surface area contributed by atoms with Gasteiger partial charge in [0.05, 0.1) is 6.42 Å². The third kappa shape index (κ3) is 3.17. The van der Waals surface area contributed by atoms with Crippen LogP contribution in [0.2, 0.25) is 0 Å². The van der Waals surface area contributed by atoms with E-state index in [0.717, 1.165) is 0 Å². The van der Waals surface area contributed by atoms with Gasteiger partial charge in [0.25, 0.3) is 0 Å². The van der Waals surface area contributed by atoms with Crippen molar-refractivity contribution in [1.82, 2.24) is 10.2 Å². The highest BCUT2D eigenvalue weighted by Crippen LogP contribution is 2.30. The Balaban J connectivity index is 1.65. The molecule has 2 atom stereocenters. The fraction of sp³-hybridized carbons (Fsp3) is 0.917. The SMILES string of the molecule is CC(CNCC1CC(F)(F)C(=O)O1)N(C)C1CC1. The first-order valence-electron chi connectivity index (χ1n) is 6.41. The molecule has 2 fully saturated rings. The van der Waals surface area contributed by atoms with Crippen molar-refractivity contribution < 1.29 is 18.3 Å². The minimum Gasteiger partial charge on any atom is -0.456 e. The van der Waals surface area contributed by atoms with Crippen LogP contribution in [0, 0.1) is 0 Å². The van der Waals surface area contributed by atoms with Gasteiger partial charge >= 0.3 is 11.9 Å². The highest BCUT2D eigenvalue weighted by atomic mass is 19.3. The number of hydrogen-bond donors (Lipinski definition) is 1. The van der Waals surface area contributed by atoms with E-state index in [9.17, 15) is 13.6 Å². The number of nitrogens with one attached hydrogen (secondary N) is 1. The zero-order chi connectivity index (χ0) is 13.3. The molecular weight excluding hydrogens is 242 g/mol. The van der Waals surface area contributed by atoms with Crippen LogP contribution in [0.5, 0.6) is 0 Å². The lowest BCUT2D eigenvalue weighted by Crippen LogP contribution is -2.41. The van der Waals surface area contributed by atoms with Gasteiger partial charge in [-0.3, -0.25) is 4.90 Å². The number of ether oxygens (including phenoxy) is 1. The Morgan fingerprint density at radius 2 is 2.22 bits per heavy atom. The number of alkyl halides is 2. The lowest BCUT2D eigenvalue weighted by Gasteiger charge is -2.25. The van der Waals surface area contributed by atoms with Gasteiger partial charge in [0, 0.05) is 25.2 Å². The molecule has 6 heteroatoms.